The van der Waals surface area contributed by atoms with Crippen molar-refractivity contribution in [2.45, 2.75) is 0 Å². The normalized spacial score (nSPS) is 10.3. The number of thiazole rings is 1. The van der Waals surface area contributed by atoms with Crippen LogP contribution in [0.1, 0.15) is 0 Å². The standard InChI is InChI=1S/C8H5NO2S/c10-5-9-6-3-1-2-4-7(6)12-8(9)11/h1-5H. The average Bonchev–Trinajstić information content (AvgIpc) is 2.40. The molecule has 1 aromatic carbocycles. The molecule has 0 unspecified atom stereocenters. The second-order valence-electron chi connectivity index (χ2n) is 2.31. The van der Waals surface area contributed by atoms with Crippen molar-refractivity contribution >= 4 is 28.0 Å². The molecule has 3 nitrogen and oxygen atoms in total. The smallest absolute Gasteiger partial charge is 0.278 e. The zero-order valence-electron chi connectivity index (χ0n) is 6.06. The minimum atomic E-state index is -0.230. The molecule has 0 saturated carbocycles. The van der Waals surface area contributed by atoms with Crippen molar-refractivity contribution in [2.75, 3.05) is 0 Å². The minimum Gasteiger partial charge on any atom is -0.278 e. The summed E-state index contributed by atoms with van der Waals surface area (Å²) >= 11 is 1.08. The van der Waals surface area contributed by atoms with Gasteiger partial charge in [0.15, 0.2) is 0 Å². The molecule has 1 aromatic heterocycles. The molecule has 12 heavy (non-hydrogen) atoms. The summed E-state index contributed by atoms with van der Waals surface area (Å²) < 4.78 is 1.95. The zero-order valence-corrected chi connectivity index (χ0v) is 6.88. The fraction of sp³-hybridized carbons (Fsp3) is 0. The molecule has 0 spiro atoms. The van der Waals surface area contributed by atoms with Crippen LogP contribution in [0.3, 0.4) is 0 Å². The van der Waals surface area contributed by atoms with Crippen molar-refractivity contribution in [3.63, 3.8) is 0 Å². The summed E-state index contributed by atoms with van der Waals surface area (Å²) in [6.07, 6.45) is 0.543. The van der Waals surface area contributed by atoms with Crippen LogP contribution in [0.4, 0.5) is 0 Å². The van der Waals surface area contributed by atoms with Crippen LogP contribution in [0.25, 0.3) is 10.2 Å². The van der Waals surface area contributed by atoms with E-state index < -0.39 is 0 Å². The number of carbonyl (C=O) groups is 1. The van der Waals surface area contributed by atoms with E-state index in [0.717, 1.165) is 20.6 Å². The molecular formula is C8H5NO2S. The Morgan fingerprint density at radius 1 is 1.33 bits per heavy atom. The number of hydrogen-bond acceptors (Lipinski definition) is 3. The summed E-state index contributed by atoms with van der Waals surface area (Å²) in [6, 6.07) is 7.21. The zero-order chi connectivity index (χ0) is 8.55. The number of carbonyl (C=O) groups excluding carboxylic acids is 1. The predicted octanol–water partition coefficient (Wildman–Crippen LogP) is 1.10. The van der Waals surface area contributed by atoms with E-state index in [1.165, 1.54) is 0 Å². The van der Waals surface area contributed by atoms with Crippen molar-refractivity contribution in [1.29, 1.82) is 0 Å². The van der Waals surface area contributed by atoms with Crippen LogP contribution in [0.2, 0.25) is 0 Å². The highest BCUT2D eigenvalue weighted by molar-refractivity contribution is 7.16. The van der Waals surface area contributed by atoms with Gasteiger partial charge in [-0.05, 0) is 12.1 Å². The van der Waals surface area contributed by atoms with Crippen LogP contribution in [-0.4, -0.2) is 11.0 Å². The Morgan fingerprint density at radius 2 is 2.08 bits per heavy atom. The van der Waals surface area contributed by atoms with Gasteiger partial charge >= 0.3 is 4.87 Å². The predicted molar refractivity (Wildman–Crippen MR) is 48.2 cm³/mol. The molecule has 0 amide bonds. The Kier molecular flexibility index (Phi) is 1.55. The molecule has 4 heteroatoms. The van der Waals surface area contributed by atoms with Gasteiger partial charge in [0.05, 0.1) is 10.2 Å². The largest absolute Gasteiger partial charge is 0.314 e. The lowest BCUT2D eigenvalue weighted by Crippen LogP contribution is -2.10. The van der Waals surface area contributed by atoms with Gasteiger partial charge in [-0.1, -0.05) is 23.5 Å². The van der Waals surface area contributed by atoms with E-state index in [9.17, 15) is 9.59 Å². The summed E-state index contributed by atoms with van der Waals surface area (Å²) in [5.41, 5.74) is 0.683. The maximum atomic E-state index is 11.1. The highest BCUT2D eigenvalue weighted by Crippen LogP contribution is 2.14. The monoisotopic (exact) mass is 179 g/mol. The third-order valence-corrected chi connectivity index (χ3v) is 2.56. The first-order valence-corrected chi connectivity index (χ1v) is 4.20. The highest BCUT2D eigenvalue weighted by Gasteiger charge is 2.03. The van der Waals surface area contributed by atoms with Crippen molar-refractivity contribution in [1.82, 2.24) is 4.57 Å². The van der Waals surface area contributed by atoms with Crippen LogP contribution < -0.4 is 4.87 Å². The molecule has 0 saturated heterocycles. The minimum absolute atomic E-state index is 0.230. The molecule has 2 rings (SSSR count). The van der Waals surface area contributed by atoms with Crippen molar-refractivity contribution in [3.8, 4) is 0 Å². The topological polar surface area (TPSA) is 39.1 Å². The molecular weight excluding hydrogens is 174 g/mol. The molecule has 0 aliphatic rings. The third kappa shape index (κ3) is 0.887. The van der Waals surface area contributed by atoms with Gasteiger partial charge in [0.2, 0.25) is 6.41 Å². The maximum absolute atomic E-state index is 11.1. The number of benzene rings is 1. The van der Waals surface area contributed by atoms with E-state index in [0.29, 0.717) is 11.9 Å². The molecule has 60 valence electrons. The molecule has 0 fully saturated rings. The van der Waals surface area contributed by atoms with Gasteiger partial charge < -0.3 is 0 Å². The van der Waals surface area contributed by atoms with Gasteiger partial charge in [-0.25, -0.2) is 4.57 Å². The van der Waals surface area contributed by atoms with Crippen LogP contribution in [0.15, 0.2) is 29.1 Å². The maximum Gasteiger partial charge on any atom is 0.314 e. The number of fused-ring (bicyclic) bond motifs is 1. The third-order valence-electron chi connectivity index (χ3n) is 1.62. The van der Waals surface area contributed by atoms with E-state index in [4.69, 9.17) is 0 Å². The fourth-order valence-electron chi connectivity index (χ4n) is 1.08. The van der Waals surface area contributed by atoms with Crippen molar-refractivity contribution in [3.05, 3.63) is 33.9 Å². The van der Waals surface area contributed by atoms with Crippen LogP contribution in [-0.2, 0) is 4.79 Å². The lowest BCUT2D eigenvalue weighted by atomic mass is 10.3. The highest BCUT2D eigenvalue weighted by atomic mass is 32.1. The average molecular weight is 179 g/mol. The van der Waals surface area contributed by atoms with Gasteiger partial charge in [-0.2, -0.15) is 0 Å². The Labute approximate surface area is 71.9 Å². The van der Waals surface area contributed by atoms with E-state index in [2.05, 4.69) is 0 Å². The second kappa shape index (κ2) is 2.57. The Morgan fingerprint density at radius 3 is 2.83 bits per heavy atom. The van der Waals surface area contributed by atoms with E-state index in [1.54, 1.807) is 12.1 Å². The summed E-state index contributed by atoms with van der Waals surface area (Å²) in [5.74, 6) is 0. The molecule has 0 bridgehead atoms. The number of para-hydroxylation sites is 1. The number of rotatable bonds is 1. The quantitative estimate of drug-likeness (QED) is 0.615. The van der Waals surface area contributed by atoms with E-state index >= 15 is 0 Å². The first-order chi connectivity index (χ1) is 5.83. The Balaban J connectivity index is 3.00. The van der Waals surface area contributed by atoms with Gasteiger partial charge in [-0.15, -0.1) is 0 Å². The van der Waals surface area contributed by atoms with Gasteiger partial charge in [0.25, 0.3) is 0 Å². The molecule has 0 aliphatic heterocycles. The SMILES string of the molecule is O=Cn1c(=O)sc2ccccc21. The number of hydrogen-bond donors (Lipinski definition) is 0. The second-order valence-corrected chi connectivity index (χ2v) is 3.30. The van der Waals surface area contributed by atoms with Crippen molar-refractivity contribution < 1.29 is 4.79 Å². The van der Waals surface area contributed by atoms with Gasteiger partial charge in [0, 0.05) is 0 Å². The first kappa shape index (κ1) is 7.24. The van der Waals surface area contributed by atoms with Crippen LogP contribution >= 0.6 is 11.3 Å². The molecule has 0 atom stereocenters. The summed E-state index contributed by atoms with van der Waals surface area (Å²) in [5, 5.41) is 0. The number of nitrogens with zero attached hydrogens (tertiary/aromatic N) is 1. The van der Waals surface area contributed by atoms with E-state index in [1.807, 2.05) is 12.1 Å². The lowest BCUT2D eigenvalue weighted by Gasteiger charge is -1.88. The molecule has 0 N–H and O–H groups in total. The van der Waals surface area contributed by atoms with E-state index in [-0.39, 0.29) is 4.87 Å². The lowest BCUT2D eigenvalue weighted by molar-refractivity contribution is 0.548. The summed E-state index contributed by atoms with van der Waals surface area (Å²) in [7, 11) is 0. The first-order valence-electron chi connectivity index (χ1n) is 3.38. The molecule has 1 heterocycles. The molecule has 0 aliphatic carbocycles. The fourth-order valence-corrected chi connectivity index (χ4v) is 1.93. The Hall–Kier alpha value is -1.42. The summed E-state index contributed by atoms with van der Waals surface area (Å²) in [4.78, 5) is 21.4. The van der Waals surface area contributed by atoms with Gasteiger partial charge in [0.1, 0.15) is 0 Å². The van der Waals surface area contributed by atoms with Crippen LogP contribution in [0.5, 0.6) is 0 Å². The Bertz CT molecular complexity index is 483. The summed E-state index contributed by atoms with van der Waals surface area (Å²) in [6.45, 7) is 0. The molecule has 0 radical (unpaired) electrons. The molecule has 2 aromatic rings. The van der Waals surface area contributed by atoms with Crippen molar-refractivity contribution in [2.24, 2.45) is 0 Å². The van der Waals surface area contributed by atoms with Crippen LogP contribution in [0, 0.1) is 0 Å². The van der Waals surface area contributed by atoms with Gasteiger partial charge in [-0.3, -0.25) is 9.59 Å². The number of aromatic nitrogens is 1.